The lowest BCUT2D eigenvalue weighted by Gasteiger charge is -2.19. The number of benzene rings is 1. The normalized spacial score (nSPS) is 14.3. The van der Waals surface area contributed by atoms with Crippen molar-refractivity contribution < 1.29 is 9.18 Å². The summed E-state index contributed by atoms with van der Waals surface area (Å²) in [6, 6.07) is 11.8. The summed E-state index contributed by atoms with van der Waals surface area (Å²) < 4.78 is 15.2. The molecule has 3 aromatic rings. The molecule has 0 bridgehead atoms. The van der Waals surface area contributed by atoms with Crippen LogP contribution in [0.5, 0.6) is 0 Å². The van der Waals surface area contributed by atoms with E-state index >= 15 is 0 Å². The van der Waals surface area contributed by atoms with Crippen molar-refractivity contribution in [1.29, 1.82) is 0 Å². The average Bonchev–Trinajstić information content (AvgIpc) is 3.01. The molecular formula is C20H21FN6O. The van der Waals surface area contributed by atoms with Crippen LogP contribution in [0.3, 0.4) is 0 Å². The molecule has 0 atom stereocenters. The molecular weight excluding hydrogens is 359 g/mol. The van der Waals surface area contributed by atoms with Crippen LogP contribution in [0.2, 0.25) is 0 Å². The van der Waals surface area contributed by atoms with E-state index < -0.39 is 0 Å². The summed E-state index contributed by atoms with van der Waals surface area (Å²) in [6.07, 6.45) is 2.37. The number of nitrogens with one attached hydrogen (secondary N) is 1. The van der Waals surface area contributed by atoms with Crippen LogP contribution in [0.15, 0.2) is 48.7 Å². The van der Waals surface area contributed by atoms with Crippen molar-refractivity contribution in [2.45, 2.75) is 26.1 Å². The maximum atomic E-state index is 13.1. The number of amides is 1. The number of hydrogen-bond donors (Lipinski definition) is 1. The van der Waals surface area contributed by atoms with Crippen LogP contribution < -0.4 is 5.32 Å². The number of pyridine rings is 1. The molecule has 1 aliphatic heterocycles. The summed E-state index contributed by atoms with van der Waals surface area (Å²) in [7, 11) is 0. The summed E-state index contributed by atoms with van der Waals surface area (Å²) in [5, 5.41) is 11.4. The van der Waals surface area contributed by atoms with Gasteiger partial charge in [-0.1, -0.05) is 18.2 Å². The van der Waals surface area contributed by atoms with Gasteiger partial charge in [0.05, 0.1) is 6.54 Å². The number of fused-ring (bicyclic) bond motifs is 1. The van der Waals surface area contributed by atoms with Gasteiger partial charge in [0, 0.05) is 38.8 Å². The molecule has 8 heteroatoms. The Labute approximate surface area is 162 Å². The molecule has 144 valence electrons. The molecule has 0 fully saturated rings. The van der Waals surface area contributed by atoms with Gasteiger partial charge in [0.2, 0.25) is 0 Å². The Morgan fingerprint density at radius 3 is 2.71 bits per heavy atom. The van der Waals surface area contributed by atoms with E-state index in [1.54, 1.807) is 24.4 Å². The van der Waals surface area contributed by atoms with Crippen molar-refractivity contribution in [1.82, 2.24) is 30.0 Å². The van der Waals surface area contributed by atoms with Crippen LogP contribution in [0.1, 0.15) is 27.7 Å². The third kappa shape index (κ3) is 4.23. The molecule has 1 amide bonds. The zero-order chi connectivity index (χ0) is 19.3. The fourth-order valence-corrected chi connectivity index (χ4v) is 3.31. The van der Waals surface area contributed by atoms with Crippen molar-refractivity contribution >= 4 is 5.91 Å². The van der Waals surface area contributed by atoms with Gasteiger partial charge in [0.15, 0.2) is 5.82 Å². The lowest BCUT2D eigenvalue weighted by molar-refractivity contribution is 0.0944. The number of hydrogen-bond acceptors (Lipinski definition) is 5. The van der Waals surface area contributed by atoms with Crippen molar-refractivity contribution in [2.24, 2.45) is 0 Å². The summed E-state index contributed by atoms with van der Waals surface area (Å²) in [5.41, 5.74) is 1.46. The van der Waals surface area contributed by atoms with E-state index in [1.165, 1.54) is 12.1 Å². The monoisotopic (exact) mass is 380 g/mol. The van der Waals surface area contributed by atoms with Crippen molar-refractivity contribution in [3.8, 4) is 0 Å². The highest BCUT2D eigenvalue weighted by Gasteiger charge is 2.19. The number of halogens is 1. The lowest BCUT2D eigenvalue weighted by atomic mass is 10.2. The SMILES string of the molecule is O=C(NCc1nnc2n1CCN(Cc1ccc(F)cc1)CC2)c1ccccn1. The second-order valence-corrected chi connectivity index (χ2v) is 6.73. The first kappa shape index (κ1) is 18.2. The lowest BCUT2D eigenvalue weighted by Crippen LogP contribution is -2.28. The van der Waals surface area contributed by atoms with Crippen molar-refractivity contribution in [3.63, 3.8) is 0 Å². The van der Waals surface area contributed by atoms with E-state index in [4.69, 9.17) is 0 Å². The zero-order valence-corrected chi connectivity index (χ0v) is 15.4. The molecule has 28 heavy (non-hydrogen) atoms. The predicted octanol–water partition coefficient (Wildman–Crippen LogP) is 1.80. The fraction of sp³-hybridized carbons (Fsp3) is 0.300. The Morgan fingerprint density at radius 1 is 1.07 bits per heavy atom. The number of carbonyl (C=O) groups excluding carboxylic acids is 1. The molecule has 1 aromatic carbocycles. The van der Waals surface area contributed by atoms with E-state index in [1.807, 2.05) is 12.1 Å². The van der Waals surface area contributed by atoms with E-state index in [0.29, 0.717) is 12.2 Å². The van der Waals surface area contributed by atoms with E-state index in [-0.39, 0.29) is 11.7 Å². The van der Waals surface area contributed by atoms with Crippen molar-refractivity contribution in [2.75, 3.05) is 13.1 Å². The van der Waals surface area contributed by atoms with Crippen LogP contribution in [0.25, 0.3) is 0 Å². The van der Waals surface area contributed by atoms with Gasteiger partial charge in [0.25, 0.3) is 5.91 Å². The quantitative estimate of drug-likeness (QED) is 0.731. The van der Waals surface area contributed by atoms with Gasteiger partial charge in [0.1, 0.15) is 17.3 Å². The van der Waals surface area contributed by atoms with Gasteiger partial charge >= 0.3 is 0 Å². The maximum absolute atomic E-state index is 13.1. The maximum Gasteiger partial charge on any atom is 0.270 e. The van der Waals surface area contributed by atoms with E-state index in [9.17, 15) is 9.18 Å². The van der Waals surface area contributed by atoms with Crippen LogP contribution >= 0.6 is 0 Å². The van der Waals surface area contributed by atoms with Gasteiger partial charge in [-0.3, -0.25) is 14.7 Å². The van der Waals surface area contributed by atoms with Gasteiger partial charge in [-0.05, 0) is 29.8 Å². The summed E-state index contributed by atoms with van der Waals surface area (Å²) >= 11 is 0. The van der Waals surface area contributed by atoms with Crippen molar-refractivity contribution in [3.05, 3.63) is 77.4 Å². The highest BCUT2D eigenvalue weighted by Crippen LogP contribution is 2.13. The molecule has 0 saturated heterocycles. The molecule has 7 nitrogen and oxygen atoms in total. The number of aromatic nitrogens is 4. The molecule has 0 unspecified atom stereocenters. The molecule has 1 aliphatic rings. The van der Waals surface area contributed by atoms with Gasteiger partial charge < -0.3 is 9.88 Å². The number of carbonyl (C=O) groups is 1. The molecule has 4 rings (SSSR count). The Hall–Kier alpha value is -3.13. The molecule has 2 aromatic heterocycles. The fourth-order valence-electron chi connectivity index (χ4n) is 3.31. The third-order valence-electron chi connectivity index (χ3n) is 4.82. The second-order valence-electron chi connectivity index (χ2n) is 6.73. The Kier molecular flexibility index (Phi) is 5.38. The van der Waals surface area contributed by atoms with Crippen LogP contribution in [0.4, 0.5) is 4.39 Å². The summed E-state index contributed by atoms with van der Waals surface area (Å²) in [4.78, 5) is 18.6. The topological polar surface area (TPSA) is 75.9 Å². The van der Waals surface area contributed by atoms with Gasteiger partial charge in [-0.25, -0.2) is 4.39 Å². The minimum absolute atomic E-state index is 0.219. The minimum Gasteiger partial charge on any atom is -0.343 e. The Balaban J connectivity index is 1.37. The number of nitrogens with zero attached hydrogens (tertiary/aromatic N) is 5. The summed E-state index contributed by atoms with van der Waals surface area (Å²) in [6.45, 7) is 3.52. The predicted molar refractivity (Wildman–Crippen MR) is 101 cm³/mol. The smallest absolute Gasteiger partial charge is 0.270 e. The molecule has 0 radical (unpaired) electrons. The first-order valence-electron chi connectivity index (χ1n) is 9.26. The molecule has 0 spiro atoms. The first-order chi connectivity index (χ1) is 13.7. The van der Waals surface area contributed by atoms with Crippen LogP contribution in [0, 0.1) is 5.82 Å². The molecule has 3 heterocycles. The van der Waals surface area contributed by atoms with E-state index in [0.717, 1.165) is 49.8 Å². The highest BCUT2D eigenvalue weighted by molar-refractivity contribution is 5.92. The first-order valence-corrected chi connectivity index (χ1v) is 9.26. The molecule has 1 N–H and O–H groups in total. The summed E-state index contributed by atoms with van der Waals surface area (Å²) in [5.74, 6) is 1.21. The zero-order valence-electron chi connectivity index (χ0n) is 15.4. The molecule has 0 saturated carbocycles. The number of rotatable bonds is 5. The van der Waals surface area contributed by atoms with Gasteiger partial charge in [-0.2, -0.15) is 0 Å². The minimum atomic E-state index is -0.232. The third-order valence-corrected chi connectivity index (χ3v) is 4.82. The largest absolute Gasteiger partial charge is 0.343 e. The Bertz CT molecular complexity index is 941. The van der Waals surface area contributed by atoms with Gasteiger partial charge in [-0.15, -0.1) is 10.2 Å². The van der Waals surface area contributed by atoms with Crippen LogP contribution in [-0.2, 0) is 26.1 Å². The second kappa shape index (κ2) is 8.26. The Morgan fingerprint density at radius 2 is 1.93 bits per heavy atom. The van der Waals surface area contributed by atoms with Crippen LogP contribution in [-0.4, -0.2) is 43.6 Å². The molecule has 0 aliphatic carbocycles. The highest BCUT2D eigenvalue weighted by atomic mass is 19.1. The van der Waals surface area contributed by atoms with E-state index in [2.05, 4.69) is 30.0 Å². The standard InChI is InChI=1S/C20H21FN6O/c21-16-6-4-15(5-7-16)14-26-10-8-18-24-25-19(27(18)12-11-26)13-23-20(28)17-3-1-2-9-22-17/h1-7,9H,8,10-14H2,(H,23,28). The average molecular weight is 380 g/mol.